The third-order valence-electron chi connectivity index (χ3n) is 2.85. The van der Waals surface area contributed by atoms with Gasteiger partial charge >= 0.3 is 0 Å². The maximum atomic E-state index is 14.1. The second-order valence-corrected chi connectivity index (χ2v) is 7.14. The van der Waals surface area contributed by atoms with Gasteiger partial charge in [-0.15, -0.1) is 0 Å². The highest BCUT2D eigenvalue weighted by Crippen LogP contribution is 2.30. The Labute approximate surface area is 137 Å². The van der Waals surface area contributed by atoms with Gasteiger partial charge in [-0.1, -0.05) is 31.7 Å². The molecule has 0 fully saturated rings. The minimum Gasteiger partial charge on any atom is -0.312 e. The van der Waals surface area contributed by atoms with Crippen molar-refractivity contribution < 1.29 is 4.39 Å². The van der Waals surface area contributed by atoms with Crippen LogP contribution in [0.3, 0.4) is 0 Å². The van der Waals surface area contributed by atoms with Crippen LogP contribution >= 0.6 is 27.7 Å². The number of hydrogen-bond donors (Lipinski definition) is 1. The molecule has 1 aromatic heterocycles. The van der Waals surface area contributed by atoms with Gasteiger partial charge in [0.25, 0.3) is 0 Å². The fourth-order valence-corrected chi connectivity index (χ4v) is 2.97. The number of pyridine rings is 1. The normalized spacial score (nSPS) is 11.1. The molecule has 1 N–H and O–H groups in total. The first-order chi connectivity index (χ1) is 10.1. The van der Waals surface area contributed by atoms with Crippen LogP contribution in [-0.4, -0.2) is 11.5 Å². The molecule has 112 valence electrons. The van der Waals surface area contributed by atoms with E-state index in [1.807, 2.05) is 18.2 Å². The zero-order valence-corrected chi connectivity index (χ0v) is 14.5. The van der Waals surface area contributed by atoms with Crippen LogP contribution in [0.5, 0.6) is 0 Å². The Morgan fingerprint density at radius 1 is 1.29 bits per heavy atom. The van der Waals surface area contributed by atoms with E-state index in [0.717, 1.165) is 20.9 Å². The van der Waals surface area contributed by atoms with Gasteiger partial charge in [0.15, 0.2) is 0 Å². The Morgan fingerprint density at radius 2 is 2.10 bits per heavy atom. The predicted octanol–water partition coefficient (Wildman–Crippen LogP) is 4.88. The number of benzene rings is 1. The molecule has 1 aromatic carbocycles. The standard InChI is InChI=1S/C16H18BrFN2S/c1-11(2)8-19-10-13-14(18)4-3-5-15(13)21-16-7-6-12(17)9-20-16/h3-7,9,11,19H,8,10H2,1-2H3. The average molecular weight is 369 g/mol. The molecule has 0 radical (unpaired) electrons. The van der Waals surface area contributed by atoms with Crippen LogP contribution in [0.2, 0.25) is 0 Å². The van der Waals surface area contributed by atoms with Gasteiger partial charge in [0.1, 0.15) is 10.8 Å². The van der Waals surface area contributed by atoms with Crippen LogP contribution in [-0.2, 0) is 6.54 Å². The monoisotopic (exact) mass is 368 g/mol. The summed E-state index contributed by atoms with van der Waals surface area (Å²) in [6.07, 6.45) is 1.75. The van der Waals surface area contributed by atoms with Gasteiger partial charge in [-0.3, -0.25) is 0 Å². The molecule has 0 amide bonds. The topological polar surface area (TPSA) is 24.9 Å². The highest BCUT2D eigenvalue weighted by molar-refractivity contribution is 9.10. The highest BCUT2D eigenvalue weighted by atomic mass is 79.9. The largest absolute Gasteiger partial charge is 0.312 e. The molecule has 0 bridgehead atoms. The minimum atomic E-state index is -0.173. The van der Waals surface area contributed by atoms with Crippen molar-refractivity contribution in [3.8, 4) is 0 Å². The Hall–Kier alpha value is -0.910. The first-order valence-corrected chi connectivity index (χ1v) is 8.44. The molecule has 0 aliphatic heterocycles. The maximum Gasteiger partial charge on any atom is 0.128 e. The van der Waals surface area contributed by atoms with Crippen LogP contribution in [0.1, 0.15) is 19.4 Å². The van der Waals surface area contributed by atoms with Crippen molar-refractivity contribution in [1.82, 2.24) is 10.3 Å². The molecule has 1 heterocycles. The van der Waals surface area contributed by atoms with Gasteiger partial charge in [0.05, 0.1) is 0 Å². The van der Waals surface area contributed by atoms with Crippen molar-refractivity contribution in [3.05, 3.63) is 52.4 Å². The van der Waals surface area contributed by atoms with E-state index in [-0.39, 0.29) is 5.82 Å². The molecule has 0 spiro atoms. The van der Waals surface area contributed by atoms with Crippen molar-refractivity contribution in [2.45, 2.75) is 30.3 Å². The summed E-state index contributed by atoms with van der Waals surface area (Å²) in [4.78, 5) is 5.23. The molecule has 2 aromatic rings. The third kappa shape index (κ3) is 5.09. The van der Waals surface area contributed by atoms with E-state index in [2.05, 4.69) is 40.1 Å². The highest BCUT2D eigenvalue weighted by Gasteiger charge is 2.10. The van der Waals surface area contributed by atoms with Gasteiger partial charge in [0, 0.05) is 27.7 Å². The number of nitrogens with zero attached hydrogens (tertiary/aromatic N) is 1. The predicted molar refractivity (Wildman–Crippen MR) is 89.0 cm³/mol. The van der Waals surface area contributed by atoms with Crippen molar-refractivity contribution in [1.29, 1.82) is 0 Å². The number of nitrogens with one attached hydrogen (secondary N) is 1. The second kappa shape index (κ2) is 7.92. The van der Waals surface area contributed by atoms with Gasteiger partial charge in [-0.05, 0) is 52.7 Å². The Bertz CT molecular complexity index is 587. The van der Waals surface area contributed by atoms with Crippen molar-refractivity contribution in [3.63, 3.8) is 0 Å². The molecule has 0 saturated carbocycles. The van der Waals surface area contributed by atoms with Crippen LogP contribution in [0.15, 0.2) is 50.9 Å². The lowest BCUT2D eigenvalue weighted by Crippen LogP contribution is -2.20. The Morgan fingerprint density at radius 3 is 2.76 bits per heavy atom. The zero-order chi connectivity index (χ0) is 15.2. The van der Waals surface area contributed by atoms with E-state index < -0.39 is 0 Å². The third-order valence-corrected chi connectivity index (χ3v) is 4.37. The molecule has 2 nitrogen and oxygen atoms in total. The van der Waals surface area contributed by atoms with Crippen LogP contribution in [0, 0.1) is 11.7 Å². The summed E-state index contributed by atoms with van der Waals surface area (Å²) in [6, 6.07) is 9.04. The fourth-order valence-electron chi connectivity index (χ4n) is 1.83. The van der Waals surface area contributed by atoms with E-state index in [0.29, 0.717) is 18.0 Å². The average Bonchev–Trinajstić information content (AvgIpc) is 2.44. The van der Waals surface area contributed by atoms with Crippen LogP contribution in [0.4, 0.5) is 4.39 Å². The number of halogens is 2. The fraction of sp³-hybridized carbons (Fsp3) is 0.312. The lowest BCUT2D eigenvalue weighted by Gasteiger charge is -2.12. The first kappa shape index (κ1) is 16.5. The van der Waals surface area contributed by atoms with Gasteiger partial charge in [-0.2, -0.15) is 0 Å². The van der Waals surface area contributed by atoms with Crippen molar-refractivity contribution in [2.24, 2.45) is 5.92 Å². The molecule has 0 unspecified atom stereocenters. The van der Waals surface area contributed by atoms with E-state index in [4.69, 9.17) is 0 Å². The van der Waals surface area contributed by atoms with E-state index in [1.54, 1.807) is 12.3 Å². The minimum absolute atomic E-state index is 0.173. The number of rotatable bonds is 6. The number of hydrogen-bond acceptors (Lipinski definition) is 3. The molecule has 5 heteroatoms. The summed E-state index contributed by atoms with van der Waals surface area (Å²) in [5.41, 5.74) is 0.702. The molecule has 2 rings (SSSR count). The maximum absolute atomic E-state index is 14.1. The summed E-state index contributed by atoms with van der Waals surface area (Å²) in [5.74, 6) is 0.370. The molecule has 0 saturated heterocycles. The van der Waals surface area contributed by atoms with Gasteiger partial charge in [0.2, 0.25) is 0 Å². The molecular formula is C16H18BrFN2S. The van der Waals surface area contributed by atoms with Gasteiger partial charge < -0.3 is 5.32 Å². The molecule has 21 heavy (non-hydrogen) atoms. The lowest BCUT2D eigenvalue weighted by molar-refractivity contribution is 0.530. The zero-order valence-electron chi connectivity index (χ0n) is 12.1. The summed E-state index contributed by atoms with van der Waals surface area (Å²) in [5, 5.41) is 4.15. The molecule has 0 aliphatic carbocycles. The summed E-state index contributed by atoms with van der Waals surface area (Å²) < 4.78 is 15.0. The second-order valence-electron chi connectivity index (χ2n) is 5.16. The van der Waals surface area contributed by atoms with Crippen LogP contribution < -0.4 is 5.32 Å². The first-order valence-electron chi connectivity index (χ1n) is 6.84. The molecule has 0 atom stereocenters. The summed E-state index contributed by atoms with van der Waals surface area (Å²) in [7, 11) is 0. The van der Waals surface area contributed by atoms with Crippen molar-refractivity contribution >= 4 is 27.7 Å². The quantitative estimate of drug-likeness (QED) is 0.786. The van der Waals surface area contributed by atoms with E-state index >= 15 is 0 Å². The molecule has 0 aliphatic rings. The summed E-state index contributed by atoms with van der Waals surface area (Å²) in [6.45, 7) is 5.67. The SMILES string of the molecule is CC(C)CNCc1c(F)cccc1Sc1ccc(Br)cn1. The Balaban J connectivity index is 2.14. The molecular weight excluding hydrogens is 351 g/mol. The van der Waals surface area contributed by atoms with E-state index in [9.17, 15) is 4.39 Å². The lowest BCUT2D eigenvalue weighted by atomic mass is 10.2. The summed E-state index contributed by atoms with van der Waals surface area (Å²) >= 11 is 4.85. The van der Waals surface area contributed by atoms with Gasteiger partial charge in [-0.25, -0.2) is 9.37 Å². The smallest absolute Gasteiger partial charge is 0.128 e. The van der Waals surface area contributed by atoms with E-state index in [1.165, 1.54) is 17.8 Å². The van der Waals surface area contributed by atoms with Crippen molar-refractivity contribution in [2.75, 3.05) is 6.54 Å². The van der Waals surface area contributed by atoms with Crippen LogP contribution in [0.25, 0.3) is 0 Å². The Kier molecular flexibility index (Phi) is 6.21. The number of aromatic nitrogens is 1.